The summed E-state index contributed by atoms with van der Waals surface area (Å²) in [5.41, 5.74) is 0.283. The van der Waals surface area contributed by atoms with Crippen LogP contribution in [0.25, 0.3) is 0 Å². The molecular weight excluding hydrogens is 540 g/mol. The first-order chi connectivity index (χ1) is 17.0. The van der Waals surface area contributed by atoms with Crippen LogP contribution in [0, 0.1) is 12.7 Å². The van der Waals surface area contributed by atoms with Crippen LogP contribution in [-0.2, 0) is 16.1 Å². The zero-order chi connectivity index (χ0) is 26.2. The predicted octanol–water partition coefficient (Wildman–Crippen LogP) is 5.98. The van der Waals surface area contributed by atoms with Gasteiger partial charge in [-0.25, -0.2) is 18.2 Å². The molecule has 0 saturated heterocycles. The molecule has 1 unspecified atom stereocenters. The van der Waals surface area contributed by atoms with Crippen LogP contribution < -0.4 is 10.2 Å². The lowest BCUT2D eigenvalue weighted by Gasteiger charge is -2.38. The Labute approximate surface area is 220 Å². The van der Waals surface area contributed by atoms with Crippen LogP contribution in [0.15, 0.2) is 48.5 Å². The van der Waals surface area contributed by atoms with Gasteiger partial charge in [0, 0.05) is 35.2 Å². The molecule has 0 radical (unpaired) electrons. The highest BCUT2D eigenvalue weighted by molar-refractivity contribution is 6.40. The van der Waals surface area contributed by atoms with Crippen LogP contribution in [0.3, 0.4) is 0 Å². The number of aromatic nitrogens is 2. The Hall–Kier alpha value is -2.75. The van der Waals surface area contributed by atoms with Gasteiger partial charge in [-0.2, -0.15) is 0 Å². The van der Waals surface area contributed by atoms with Gasteiger partial charge < -0.3 is 9.88 Å². The molecule has 1 heterocycles. The van der Waals surface area contributed by atoms with Crippen LogP contribution in [0.2, 0.25) is 15.3 Å². The number of benzene rings is 2. The molecular formula is C24H20Cl3F3N4O2. The number of hydrogen-bond acceptors (Lipinski definition) is 3. The number of carbonyl (C=O) groups excluding carboxylic acids is 2. The third-order valence-corrected chi connectivity index (χ3v) is 6.94. The van der Waals surface area contributed by atoms with Crippen molar-refractivity contribution in [2.24, 2.45) is 0 Å². The predicted molar refractivity (Wildman–Crippen MR) is 131 cm³/mol. The fourth-order valence-corrected chi connectivity index (χ4v) is 4.79. The lowest BCUT2D eigenvalue weighted by Crippen LogP contribution is -2.54. The van der Waals surface area contributed by atoms with Crippen LogP contribution in [-0.4, -0.2) is 33.3 Å². The second-order valence-electron chi connectivity index (χ2n) is 8.46. The van der Waals surface area contributed by atoms with E-state index >= 15 is 0 Å². The molecule has 3 aromatic rings. The molecule has 0 bridgehead atoms. The van der Waals surface area contributed by atoms with E-state index in [2.05, 4.69) is 10.3 Å². The maximum atomic E-state index is 14.3. The van der Waals surface area contributed by atoms with Gasteiger partial charge >= 0.3 is 0 Å². The highest BCUT2D eigenvalue weighted by atomic mass is 35.5. The second kappa shape index (κ2) is 10.3. The van der Waals surface area contributed by atoms with Gasteiger partial charge in [0.1, 0.15) is 29.4 Å². The molecule has 0 spiro atoms. The van der Waals surface area contributed by atoms with Gasteiger partial charge in [-0.15, -0.1) is 0 Å². The van der Waals surface area contributed by atoms with Crippen LogP contribution in [0.1, 0.15) is 30.3 Å². The Balaban J connectivity index is 1.79. The number of aryl methyl sites for hydroxylation is 1. The Morgan fingerprint density at radius 3 is 2.44 bits per heavy atom. The third-order valence-electron chi connectivity index (χ3n) is 5.85. The van der Waals surface area contributed by atoms with Crippen molar-refractivity contribution < 1.29 is 22.8 Å². The molecule has 1 fully saturated rings. The van der Waals surface area contributed by atoms with Crippen LogP contribution in [0.5, 0.6) is 0 Å². The van der Waals surface area contributed by atoms with Crippen LogP contribution >= 0.6 is 34.8 Å². The van der Waals surface area contributed by atoms with Gasteiger partial charge in [0.25, 0.3) is 5.92 Å². The van der Waals surface area contributed by atoms with E-state index < -0.39 is 55.0 Å². The zero-order valence-electron chi connectivity index (χ0n) is 18.8. The Kier molecular flexibility index (Phi) is 7.54. The first-order valence-corrected chi connectivity index (χ1v) is 12.0. The van der Waals surface area contributed by atoms with E-state index in [-0.39, 0.29) is 26.6 Å². The molecule has 190 valence electrons. The number of imidazole rings is 1. The average Bonchev–Trinajstić information content (AvgIpc) is 3.02. The molecule has 2 aromatic carbocycles. The summed E-state index contributed by atoms with van der Waals surface area (Å²) >= 11 is 18.6. The average molecular weight is 560 g/mol. The quantitative estimate of drug-likeness (QED) is 0.387. The van der Waals surface area contributed by atoms with Gasteiger partial charge in [-0.1, -0.05) is 59.1 Å². The Morgan fingerprint density at radius 2 is 1.86 bits per heavy atom. The van der Waals surface area contributed by atoms with Crippen molar-refractivity contribution in [2.75, 3.05) is 4.90 Å². The number of hydrogen-bond donors (Lipinski definition) is 1. The topological polar surface area (TPSA) is 67.2 Å². The molecule has 1 N–H and O–H groups in total. The smallest absolute Gasteiger partial charge is 0.252 e. The van der Waals surface area contributed by atoms with Crippen molar-refractivity contribution in [3.05, 3.63) is 81.1 Å². The van der Waals surface area contributed by atoms with Crippen molar-refractivity contribution >= 4 is 52.3 Å². The number of nitrogens with one attached hydrogen (secondary N) is 1. The molecule has 6 nitrogen and oxygen atoms in total. The number of halogens is 6. The summed E-state index contributed by atoms with van der Waals surface area (Å²) in [7, 11) is 0. The molecule has 4 rings (SSSR count). The van der Waals surface area contributed by atoms with Crippen molar-refractivity contribution in [3.63, 3.8) is 0 Å². The van der Waals surface area contributed by atoms with Gasteiger partial charge in [0.2, 0.25) is 11.8 Å². The van der Waals surface area contributed by atoms with Crippen molar-refractivity contribution in [2.45, 2.75) is 44.3 Å². The van der Waals surface area contributed by atoms with Gasteiger partial charge in [0.05, 0.1) is 0 Å². The molecule has 1 aliphatic carbocycles. The summed E-state index contributed by atoms with van der Waals surface area (Å²) in [6.45, 7) is 1.20. The highest BCUT2D eigenvalue weighted by Gasteiger charge is 2.47. The summed E-state index contributed by atoms with van der Waals surface area (Å²) in [5.74, 6) is -4.59. The summed E-state index contributed by atoms with van der Waals surface area (Å²) in [5, 5.41) is 2.74. The SMILES string of the molecule is Cc1nc(Cl)c(Cl)n1CC(=O)N(c1cccc(F)c1)C(C(=O)NC1CC(F)(F)C1)c1ccccc1Cl. The molecule has 1 aromatic heterocycles. The molecule has 12 heteroatoms. The minimum atomic E-state index is -2.87. The van der Waals surface area contributed by atoms with Gasteiger partial charge in [0.15, 0.2) is 5.15 Å². The Morgan fingerprint density at radius 1 is 1.17 bits per heavy atom. The van der Waals surface area contributed by atoms with Crippen molar-refractivity contribution in [3.8, 4) is 0 Å². The first-order valence-electron chi connectivity index (χ1n) is 10.9. The molecule has 1 saturated carbocycles. The minimum absolute atomic E-state index is 0.00872. The highest BCUT2D eigenvalue weighted by Crippen LogP contribution is 2.39. The standard InChI is InChI=1S/C24H20Cl3F3N4O2/c1-13-31-21(26)22(27)33(13)12-19(35)34(16-6-4-5-14(28)9-16)20(17-7-2-3-8-18(17)25)23(36)32-15-10-24(29,30)11-15/h2-9,15,20H,10-12H2,1H3,(H,32,36). The lowest BCUT2D eigenvalue weighted by atomic mass is 9.87. The van der Waals surface area contributed by atoms with Gasteiger partial charge in [-0.3, -0.25) is 14.5 Å². The summed E-state index contributed by atoms with van der Waals surface area (Å²) < 4.78 is 42.5. The first kappa shape index (κ1) is 26.3. The second-order valence-corrected chi connectivity index (χ2v) is 9.59. The summed E-state index contributed by atoms with van der Waals surface area (Å²) in [6.07, 6.45) is -1.05. The van der Waals surface area contributed by atoms with E-state index in [0.717, 1.165) is 11.0 Å². The largest absolute Gasteiger partial charge is 0.351 e. The normalized spacial score (nSPS) is 15.8. The minimum Gasteiger partial charge on any atom is -0.351 e. The van der Waals surface area contributed by atoms with Crippen LogP contribution in [0.4, 0.5) is 18.9 Å². The third kappa shape index (κ3) is 5.48. The summed E-state index contributed by atoms with van der Waals surface area (Å²) in [6, 6.07) is 9.23. The number of amides is 2. The molecule has 1 aliphatic rings. The lowest BCUT2D eigenvalue weighted by molar-refractivity contribution is -0.132. The van der Waals surface area contributed by atoms with E-state index in [1.165, 1.54) is 34.9 Å². The van der Waals surface area contributed by atoms with E-state index in [1.54, 1.807) is 19.1 Å². The number of carbonyl (C=O) groups is 2. The summed E-state index contributed by atoms with van der Waals surface area (Å²) in [4.78, 5) is 32.4. The fraction of sp³-hybridized carbons (Fsp3) is 0.292. The molecule has 36 heavy (non-hydrogen) atoms. The number of alkyl halides is 2. The monoisotopic (exact) mass is 558 g/mol. The molecule has 0 aliphatic heterocycles. The zero-order valence-corrected chi connectivity index (χ0v) is 21.1. The molecule has 1 atom stereocenters. The maximum absolute atomic E-state index is 14.3. The van der Waals surface area contributed by atoms with E-state index in [4.69, 9.17) is 34.8 Å². The van der Waals surface area contributed by atoms with Gasteiger partial charge in [-0.05, 0) is 31.2 Å². The van der Waals surface area contributed by atoms with Crippen molar-refractivity contribution in [1.82, 2.24) is 14.9 Å². The van der Waals surface area contributed by atoms with Crippen molar-refractivity contribution in [1.29, 1.82) is 0 Å². The number of rotatable bonds is 7. The van der Waals surface area contributed by atoms with E-state index in [1.807, 2.05) is 0 Å². The number of nitrogens with zero attached hydrogens (tertiary/aromatic N) is 3. The molecule has 2 amide bonds. The van der Waals surface area contributed by atoms with E-state index in [0.29, 0.717) is 5.82 Å². The van der Waals surface area contributed by atoms with E-state index in [9.17, 15) is 22.8 Å². The Bertz CT molecular complexity index is 1310. The fourth-order valence-electron chi connectivity index (χ4n) is 4.10. The number of anilines is 1. The maximum Gasteiger partial charge on any atom is 0.252 e.